The number of amides is 1. The van der Waals surface area contributed by atoms with E-state index < -0.39 is 11.6 Å². The third-order valence-electron chi connectivity index (χ3n) is 2.87. The van der Waals surface area contributed by atoms with Crippen molar-refractivity contribution in [3.05, 3.63) is 48.0 Å². The van der Waals surface area contributed by atoms with Crippen LogP contribution in [0.1, 0.15) is 6.92 Å². The van der Waals surface area contributed by atoms with Crippen LogP contribution in [0.5, 0.6) is 0 Å². The smallest absolute Gasteiger partial charge is 0.221 e. The van der Waals surface area contributed by atoms with Crippen molar-refractivity contribution >= 4 is 33.1 Å². The Balaban J connectivity index is 2.04. The number of hydrogen-bond donors (Lipinski definition) is 1. The maximum absolute atomic E-state index is 13.3. The highest BCUT2D eigenvalue weighted by Crippen LogP contribution is 2.32. The van der Waals surface area contributed by atoms with Crippen LogP contribution in [0.4, 0.5) is 14.5 Å². The average Bonchev–Trinajstić information content (AvgIpc) is 2.84. The first kappa shape index (κ1) is 13.6. The molecule has 21 heavy (non-hydrogen) atoms. The van der Waals surface area contributed by atoms with Gasteiger partial charge in [-0.3, -0.25) is 4.79 Å². The second-order valence-corrected chi connectivity index (χ2v) is 5.54. The summed E-state index contributed by atoms with van der Waals surface area (Å²) in [6.07, 6.45) is 0. The van der Waals surface area contributed by atoms with Crippen molar-refractivity contribution in [1.82, 2.24) is 4.98 Å². The Labute approximate surface area is 123 Å². The van der Waals surface area contributed by atoms with E-state index in [0.717, 1.165) is 16.8 Å². The van der Waals surface area contributed by atoms with Gasteiger partial charge >= 0.3 is 0 Å². The highest BCUT2D eigenvalue weighted by Gasteiger charge is 2.10. The van der Waals surface area contributed by atoms with E-state index >= 15 is 0 Å². The zero-order valence-corrected chi connectivity index (χ0v) is 11.8. The number of thiazole rings is 1. The molecule has 6 heteroatoms. The van der Waals surface area contributed by atoms with Gasteiger partial charge < -0.3 is 5.32 Å². The van der Waals surface area contributed by atoms with Crippen molar-refractivity contribution in [2.24, 2.45) is 0 Å². The lowest BCUT2D eigenvalue weighted by Crippen LogP contribution is -2.05. The monoisotopic (exact) mass is 304 g/mol. The van der Waals surface area contributed by atoms with Crippen molar-refractivity contribution in [3.8, 4) is 10.6 Å². The number of nitrogens with one attached hydrogen (secondary N) is 1. The predicted octanol–water partition coefficient (Wildman–Crippen LogP) is 4.20. The molecule has 0 unspecified atom stereocenters. The zero-order valence-electron chi connectivity index (χ0n) is 11.0. The largest absolute Gasteiger partial charge is 0.326 e. The topological polar surface area (TPSA) is 42.0 Å². The van der Waals surface area contributed by atoms with Gasteiger partial charge in [0.2, 0.25) is 5.91 Å². The summed E-state index contributed by atoms with van der Waals surface area (Å²) in [5.74, 6) is -1.94. The number of anilines is 1. The average molecular weight is 304 g/mol. The third-order valence-corrected chi connectivity index (χ3v) is 3.96. The summed E-state index contributed by atoms with van der Waals surface area (Å²) >= 11 is 1.38. The molecule has 0 bridgehead atoms. The van der Waals surface area contributed by atoms with Crippen LogP contribution in [-0.4, -0.2) is 10.9 Å². The van der Waals surface area contributed by atoms with Gasteiger partial charge in [0.1, 0.15) is 5.01 Å². The van der Waals surface area contributed by atoms with E-state index in [2.05, 4.69) is 10.3 Å². The molecular weight excluding hydrogens is 294 g/mol. The Kier molecular flexibility index (Phi) is 3.39. The number of carbonyl (C=O) groups is 1. The van der Waals surface area contributed by atoms with Gasteiger partial charge in [-0.25, -0.2) is 13.8 Å². The van der Waals surface area contributed by atoms with Gasteiger partial charge in [0.05, 0.1) is 10.2 Å². The fourth-order valence-corrected chi connectivity index (χ4v) is 2.90. The predicted molar refractivity (Wildman–Crippen MR) is 79.3 cm³/mol. The molecule has 0 saturated carbocycles. The summed E-state index contributed by atoms with van der Waals surface area (Å²) in [5, 5.41) is 3.28. The molecule has 0 aliphatic carbocycles. The summed E-state index contributed by atoms with van der Waals surface area (Å²) in [5.41, 5.74) is 1.87. The summed E-state index contributed by atoms with van der Waals surface area (Å²) in [4.78, 5) is 15.4. The molecule has 0 fully saturated rings. The molecule has 1 amide bonds. The first-order valence-electron chi connectivity index (χ1n) is 6.16. The highest BCUT2D eigenvalue weighted by atomic mass is 32.1. The summed E-state index contributed by atoms with van der Waals surface area (Å²) in [6.45, 7) is 1.43. The van der Waals surface area contributed by atoms with Gasteiger partial charge in [0, 0.05) is 18.2 Å². The van der Waals surface area contributed by atoms with E-state index in [1.54, 1.807) is 12.1 Å². The standard InChI is InChI=1S/C15H10F2N2OS/c1-8(20)18-10-3-5-14-13(7-10)19-15(21-14)9-2-4-11(16)12(17)6-9/h2-7H,1H3,(H,18,20). The maximum atomic E-state index is 13.3. The molecule has 0 aliphatic heterocycles. The Morgan fingerprint density at radius 3 is 2.67 bits per heavy atom. The minimum atomic E-state index is -0.898. The number of rotatable bonds is 2. The molecule has 3 aromatic rings. The van der Waals surface area contributed by atoms with Crippen molar-refractivity contribution in [2.75, 3.05) is 5.32 Å². The quantitative estimate of drug-likeness (QED) is 0.771. The number of halogens is 2. The van der Waals surface area contributed by atoms with Crippen LogP contribution in [0.15, 0.2) is 36.4 Å². The molecule has 3 rings (SSSR count). The number of benzene rings is 2. The van der Waals surface area contributed by atoms with Crippen LogP contribution >= 0.6 is 11.3 Å². The second kappa shape index (κ2) is 5.21. The molecule has 2 aromatic carbocycles. The Morgan fingerprint density at radius 2 is 1.95 bits per heavy atom. The lowest BCUT2D eigenvalue weighted by molar-refractivity contribution is -0.114. The fraction of sp³-hybridized carbons (Fsp3) is 0.0667. The fourth-order valence-electron chi connectivity index (χ4n) is 1.96. The second-order valence-electron chi connectivity index (χ2n) is 4.51. The minimum Gasteiger partial charge on any atom is -0.326 e. The lowest BCUT2D eigenvalue weighted by Gasteiger charge is -2.00. The molecule has 0 aliphatic rings. The Bertz CT molecular complexity index is 845. The van der Waals surface area contributed by atoms with Crippen LogP contribution in [0.25, 0.3) is 20.8 Å². The molecule has 0 atom stereocenters. The van der Waals surface area contributed by atoms with E-state index in [9.17, 15) is 13.6 Å². The molecular formula is C15H10F2N2OS. The van der Waals surface area contributed by atoms with Crippen molar-refractivity contribution in [1.29, 1.82) is 0 Å². The van der Waals surface area contributed by atoms with Crippen LogP contribution < -0.4 is 5.32 Å². The summed E-state index contributed by atoms with van der Waals surface area (Å²) < 4.78 is 27.1. The van der Waals surface area contributed by atoms with Gasteiger partial charge in [-0.15, -0.1) is 11.3 Å². The maximum Gasteiger partial charge on any atom is 0.221 e. The number of aromatic nitrogens is 1. The molecule has 0 spiro atoms. The van der Waals surface area contributed by atoms with Gasteiger partial charge in [-0.05, 0) is 36.4 Å². The molecule has 3 nitrogen and oxygen atoms in total. The first-order chi connectivity index (χ1) is 10.0. The van der Waals surface area contributed by atoms with E-state index in [4.69, 9.17) is 0 Å². The molecule has 106 valence electrons. The Hall–Kier alpha value is -2.34. The lowest BCUT2D eigenvalue weighted by atomic mass is 10.2. The number of hydrogen-bond acceptors (Lipinski definition) is 3. The van der Waals surface area contributed by atoms with Gasteiger partial charge in [0.25, 0.3) is 0 Å². The molecule has 1 aromatic heterocycles. The SMILES string of the molecule is CC(=O)Nc1ccc2sc(-c3ccc(F)c(F)c3)nc2c1. The third kappa shape index (κ3) is 2.75. The van der Waals surface area contributed by atoms with Crippen LogP contribution in [0.3, 0.4) is 0 Å². The van der Waals surface area contributed by atoms with E-state index in [1.807, 2.05) is 6.07 Å². The van der Waals surface area contributed by atoms with Gasteiger partial charge in [-0.1, -0.05) is 0 Å². The highest BCUT2D eigenvalue weighted by molar-refractivity contribution is 7.21. The van der Waals surface area contributed by atoms with Crippen LogP contribution in [0, 0.1) is 11.6 Å². The first-order valence-corrected chi connectivity index (χ1v) is 6.98. The van der Waals surface area contributed by atoms with E-state index in [-0.39, 0.29) is 5.91 Å². The van der Waals surface area contributed by atoms with E-state index in [0.29, 0.717) is 21.8 Å². The van der Waals surface area contributed by atoms with Crippen molar-refractivity contribution in [3.63, 3.8) is 0 Å². The number of fused-ring (bicyclic) bond motifs is 1. The number of carbonyl (C=O) groups excluding carboxylic acids is 1. The zero-order chi connectivity index (χ0) is 15.0. The van der Waals surface area contributed by atoms with Gasteiger partial charge in [-0.2, -0.15) is 0 Å². The van der Waals surface area contributed by atoms with Crippen molar-refractivity contribution in [2.45, 2.75) is 6.92 Å². The van der Waals surface area contributed by atoms with Crippen LogP contribution in [0.2, 0.25) is 0 Å². The molecule has 1 heterocycles. The molecule has 0 radical (unpaired) electrons. The summed E-state index contributed by atoms with van der Waals surface area (Å²) in [6, 6.07) is 9.06. The van der Waals surface area contributed by atoms with Gasteiger partial charge in [0.15, 0.2) is 11.6 Å². The van der Waals surface area contributed by atoms with Crippen LogP contribution in [-0.2, 0) is 4.79 Å². The van der Waals surface area contributed by atoms with Crippen molar-refractivity contribution < 1.29 is 13.6 Å². The minimum absolute atomic E-state index is 0.162. The molecule has 0 saturated heterocycles. The summed E-state index contributed by atoms with van der Waals surface area (Å²) in [7, 11) is 0. The van der Waals surface area contributed by atoms with E-state index in [1.165, 1.54) is 24.3 Å². The Morgan fingerprint density at radius 1 is 1.14 bits per heavy atom. The number of nitrogens with zero attached hydrogens (tertiary/aromatic N) is 1. The molecule has 1 N–H and O–H groups in total. The normalized spacial score (nSPS) is 10.8.